The van der Waals surface area contributed by atoms with Crippen molar-refractivity contribution < 1.29 is 8.78 Å². The second-order valence-corrected chi connectivity index (χ2v) is 4.24. The lowest BCUT2D eigenvalue weighted by atomic mass is 10.1. The zero-order chi connectivity index (χ0) is 12.4. The Morgan fingerprint density at radius 3 is 2.88 bits per heavy atom. The van der Waals surface area contributed by atoms with Crippen molar-refractivity contribution in [1.82, 2.24) is 9.97 Å². The summed E-state index contributed by atoms with van der Waals surface area (Å²) in [6, 6.07) is 2.10. The minimum Gasteiger partial charge on any atom is -0.342 e. The lowest BCUT2D eigenvalue weighted by molar-refractivity contribution is 0.590. The minimum atomic E-state index is -0.631. The average Bonchev–Trinajstić information content (AvgIpc) is 2.69. The van der Waals surface area contributed by atoms with Crippen LogP contribution in [0.4, 0.5) is 8.78 Å². The van der Waals surface area contributed by atoms with Crippen LogP contribution in [-0.2, 0) is 0 Å². The molecule has 1 aromatic carbocycles. The maximum atomic E-state index is 13.4. The molecule has 0 radical (unpaired) electrons. The Hall–Kier alpha value is -1.49. The molecule has 0 bridgehead atoms. The van der Waals surface area contributed by atoms with Gasteiger partial charge in [-0.05, 0) is 25.5 Å². The van der Waals surface area contributed by atoms with Crippen LogP contribution in [0.1, 0.15) is 31.5 Å². The minimum absolute atomic E-state index is 0.161. The van der Waals surface area contributed by atoms with Gasteiger partial charge in [-0.15, -0.1) is 0 Å². The van der Waals surface area contributed by atoms with Gasteiger partial charge in [0.25, 0.3) is 0 Å². The van der Waals surface area contributed by atoms with Gasteiger partial charge in [-0.3, -0.25) is 0 Å². The molecule has 0 spiro atoms. The van der Waals surface area contributed by atoms with Crippen molar-refractivity contribution >= 4 is 11.0 Å². The number of H-pyrrole nitrogens is 1. The first kappa shape index (κ1) is 12.0. The molecule has 17 heavy (non-hydrogen) atoms. The SMILES string of the molecule is CC(CCCN)c1nc2c(F)cc(F)cc2[nH]1. The molecule has 92 valence electrons. The molecule has 0 saturated heterocycles. The van der Waals surface area contributed by atoms with Gasteiger partial charge < -0.3 is 10.7 Å². The number of aromatic nitrogens is 2. The highest BCUT2D eigenvalue weighted by molar-refractivity contribution is 5.75. The molecule has 1 aromatic heterocycles. The third kappa shape index (κ3) is 2.44. The van der Waals surface area contributed by atoms with Crippen LogP contribution in [0, 0.1) is 11.6 Å². The monoisotopic (exact) mass is 239 g/mol. The lowest BCUT2D eigenvalue weighted by Crippen LogP contribution is -2.03. The van der Waals surface area contributed by atoms with E-state index in [2.05, 4.69) is 9.97 Å². The topological polar surface area (TPSA) is 54.7 Å². The first-order valence-corrected chi connectivity index (χ1v) is 5.66. The Kier molecular flexibility index (Phi) is 3.38. The molecule has 1 unspecified atom stereocenters. The molecule has 0 aliphatic heterocycles. The van der Waals surface area contributed by atoms with Crippen LogP contribution in [0.25, 0.3) is 11.0 Å². The number of nitrogens with zero attached hydrogens (tertiary/aromatic N) is 1. The number of benzene rings is 1. The Bertz CT molecular complexity index is 522. The molecule has 3 nitrogen and oxygen atoms in total. The summed E-state index contributed by atoms with van der Waals surface area (Å²) >= 11 is 0. The highest BCUT2D eigenvalue weighted by Gasteiger charge is 2.13. The molecular formula is C12H15F2N3. The van der Waals surface area contributed by atoms with Gasteiger partial charge >= 0.3 is 0 Å². The van der Waals surface area contributed by atoms with E-state index in [1.807, 2.05) is 6.92 Å². The van der Waals surface area contributed by atoms with Crippen molar-refractivity contribution in [1.29, 1.82) is 0 Å². The van der Waals surface area contributed by atoms with E-state index < -0.39 is 11.6 Å². The number of imidazole rings is 1. The number of rotatable bonds is 4. The van der Waals surface area contributed by atoms with Crippen LogP contribution in [0.5, 0.6) is 0 Å². The predicted octanol–water partition coefficient (Wildman–Crippen LogP) is 2.68. The summed E-state index contributed by atoms with van der Waals surface area (Å²) in [6.07, 6.45) is 1.76. The van der Waals surface area contributed by atoms with Gasteiger partial charge in [0, 0.05) is 12.0 Å². The summed E-state index contributed by atoms with van der Waals surface area (Å²) in [5.41, 5.74) is 6.03. The van der Waals surface area contributed by atoms with Crippen molar-refractivity contribution in [2.24, 2.45) is 5.73 Å². The number of nitrogens with two attached hydrogens (primary N) is 1. The van der Waals surface area contributed by atoms with E-state index >= 15 is 0 Å². The number of hydrogen-bond acceptors (Lipinski definition) is 2. The van der Waals surface area contributed by atoms with Gasteiger partial charge in [0.2, 0.25) is 0 Å². The standard InChI is InChI=1S/C12H15F2N3/c1-7(3-2-4-15)12-16-10-6-8(13)5-9(14)11(10)17-12/h5-7H,2-4,15H2,1H3,(H,16,17). The number of nitrogens with one attached hydrogen (secondary N) is 1. The van der Waals surface area contributed by atoms with Crippen molar-refractivity contribution in [3.8, 4) is 0 Å². The van der Waals surface area contributed by atoms with Gasteiger partial charge in [0.15, 0.2) is 5.82 Å². The Balaban J connectivity index is 2.34. The molecule has 1 atom stereocenters. The first-order valence-electron chi connectivity index (χ1n) is 5.66. The average molecular weight is 239 g/mol. The van der Waals surface area contributed by atoms with E-state index in [1.54, 1.807) is 0 Å². The van der Waals surface area contributed by atoms with E-state index in [0.29, 0.717) is 17.9 Å². The van der Waals surface area contributed by atoms with Crippen LogP contribution in [0.15, 0.2) is 12.1 Å². The molecule has 0 saturated carbocycles. The van der Waals surface area contributed by atoms with Crippen molar-refractivity contribution in [2.45, 2.75) is 25.7 Å². The fraction of sp³-hybridized carbons (Fsp3) is 0.417. The second kappa shape index (κ2) is 4.79. The van der Waals surface area contributed by atoms with Crippen LogP contribution >= 0.6 is 0 Å². The van der Waals surface area contributed by atoms with Gasteiger partial charge in [-0.25, -0.2) is 13.8 Å². The third-order valence-electron chi connectivity index (χ3n) is 2.83. The molecule has 2 rings (SSSR count). The van der Waals surface area contributed by atoms with Gasteiger partial charge in [-0.2, -0.15) is 0 Å². The Morgan fingerprint density at radius 2 is 2.18 bits per heavy atom. The highest BCUT2D eigenvalue weighted by Crippen LogP contribution is 2.23. The fourth-order valence-electron chi connectivity index (χ4n) is 1.86. The Labute approximate surface area is 98.0 Å². The van der Waals surface area contributed by atoms with Crippen molar-refractivity contribution in [3.05, 3.63) is 29.6 Å². The van der Waals surface area contributed by atoms with E-state index in [-0.39, 0.29) is 11.4 Å². The summed E-state index contributed by atoms with van der Waals surface area (Å²) in [7, 11) is 0. The summed E-state index contributed by atoms with van der Waals surface area (Å²) in [5, 5.41) is 0. The molecule has 5 heteroatoms. The smallest absolute Gasteiger partial charge is 0.153 e. The van der Waals surface area contributed by atoms with Crippen molar-refractivity contribution in [3.63, 3.8) is 0 Å². The number of aromatic amines is 1. The normalized spacial score (nSPS) is 13.2. The summed E-state index contributed by atoms with van der Waals surface area (Å²) in [4.78, 5) is 7.12. The molecule has 1 heterocycles. The van der Waals surface area contributed by atoms with Gasteiger partial charge in [0.05, 0.1) is 5.52 Å². The van der Waals surface area contributed by atoms with Crippen LogP contribution < -0.4 is 5.73 Å². The first-order chi connectivity index (χ1) is 8.11. The predicted molar refractivity (Wildman–Crippen MR) is 62.7 cm³/mol. The van der Waals surface area contributed by atoms with E-state index in [4.69, 9.17) is 5.73 Å². The lowest BCUT2D eigenvalue weighted by Gasteiger charge is -2.06. The molecule has 0 aliphatic rings. The van der Waals surface area contributed by atoms with Crippen LogP contribution in [0.3, 0.4) is 0 Å². The van der Waals surface area contributed by atoms with E-state index in [0.717, 1.165) is 18.9 Å². The number of hydrogen-bond donors (Lipinski definition) is 2. The zero-order valence-corrected chi connectivity index (χ0v) is 9.63. The van der Waals surface area contributed by atoms with Crippen molar-refractivity contribution in [2.75, 3.05) is 6.54 Å². The van der Waals surface area contributed by atoms with Gasteiger partial charge in [-0.1, -0.05) is 6.92 Å². The molecule has 0 aliphatic carbocycles. The zero-order valence-electron chi connectivity index (χ0n) is 9.63. The van der Waals surface area contributed by atoms with Crippen LogP contribution in [0.2, 0.25) is 0 Å². The molecule has 0 fully saturated rings. The molecule has 2 aromatic rings. The summed E-state index contributed by atoms with van der Waals surface area (Å²) in [6.45, 7) is 2.61. The molecule has 0 amide bonds. The summed E-state index contributed by atoms with van der Waals surface area (Å²) < 4.78 is 26.4. The van der Waals surface area contributed by atoms with E-state index in [1.165, 1.54) is 6.07 Å². The second-order valence-electron chi connectivity index (χ2n) is 4.24. The summed E-state index contributed by atoms with van der Waals surface area (Å²) in [5.74, 6) is -0.389. The van der Waals surface area contributed by atoms with Crippen LogP contribution in [-0.4, -0.2) is 16.5 Å². The maximum absolute atomic E-state index is 13.4. The fourth-order valence-corrected chi connectivity index (χ4v) is 1.86. The maximum Gasteiger partial charge on any atom is 0.153 e. The Morgan fingerprint density at radius 1 is 1.41 bits per heavy atom. The molecule has 3 N–H and O–H groups in total. The van der Waals surface area contributed by atoms with E-state index in [9.17, 15) is 8.78 Å². The van der Waals surface area contributed by atoms with Gasteiger partial charge in [0.1, 0.15) is 17.2 Å². The number of fused-ring (bicyclic) bond motifs is 1. The number of halogens is 2. The largest absolute Gasteiger partial charge is 0.342 e. The third-order valence-corrected chi connectivity index (χ3v) is 2.83. The quantitative estimate of drug-likeness (QED) is 0.861. The highest BCUT2D eigenvalue weighted by atomic mass is 19.1. The molecular weight excluding hydrogens is 224 g/mol.